The number of oxazole rings is 1. The lowest BCUT2D eigenvalue weighted by molar-refractivity contribution is -0.265. The number of nitrogens with zero attached hydrogens (tertiary/aromatic N) is 13. The van der Waals surface area contributed by atoms with Gasteiger partial charge < -0.3 is 113 Å². The van der Waals surface area contributed by atoms with Crippen molar-refractivity contribution >= 4 is 74.9 Å². The van der Waals surface area contributed by atoms with E-state index in [1.165, 1.54) is 19.8 Å². The lowest BCUT2D eigenvalue weighted by Gasteiger charge is -2.42. The van der Waals surface area contributed by atoms with E-state index in [0.29, 0.717) is 248 Å². The van der Waals surface area contributed by atoms with E-state index in [-0.39, 0.29) is 92.2 Å². The Morgan fingerprint density at radius 2 is 1.35 bits per heavy atom. The highest BCUT2D eigenvalue weighted by Gasteiger charge is 2.53. The van der Waals surface area contributed by atoms with Crippen LogP contribution in [0, 0.1) is 29.6 Å². The van der Waals surface area contributed by atoms with E-state index >= 15 is 0 Å². The van der Waals surface area contributed by atoms with Gasteiger partial charge in [-0.15, -0.1) is 5.10 Å². The molecule has 0 unspecified atom stereocenters. The van der Waals surface area contributed by atoms with Gasteiger partial charge in [0.15, 0.2) is 22.8 Å². The number of amides is 2. The fourth-order valence-corrected chi connectivity index (χ4v) is 17.6. The number of carbonyl (C=O) groups is 6. The van der Waals surface area contributed by atoms with Gasteiger partial charge in [0, 0.05) is 115 Å². The number of Topliss-reactive ketones (excluding diaryl/α,β-unsaturated/α-hetero) is 3. The number of ketones is 3. The Morgan fingerprint density at radius 3 is 2.03 bits per heavy atom. The van der Waals surface area contributed by atoms with Crippen LogP contribution in [0.15, 0.2) is 95.1 Å². The summed E-state index contributed by atoms with van der Waals surface area (Å²) < 4.78 is 90.7. The van der Waals surface area contributed by atoms with E-state index < -0.39 is 83.8 Å². The third-order valence-corrected chi connectivity index (χ3v) is 25.5. The zero-order valence-electron chi connectivity index (χ0n) is 79.2. The molecule has 39 heteroatoms. The van der Waals surface area contributed by atoms with Crippen LogP contribution >= 0.6 is 0 Å². The van der Waals surface area contributed by atoms with E-state index in [1.807, 2.05) is 73.5 Å². The molecule has 5 aliphatic rings. The van der Waals surface area contributed by atoms with Crippen molar-refractivity contribution in [1.82, 2.24) is 59.5 Å². The summed E-state index contributed by atoms with van der Waals surface area (Å²) in [5, 5.41) is 37.9. The van der Waals surface area contributed by atoms with Crippen LogP contribution in [0.4, 0.5) is 17.7 Å². The van der Waals surface area contributed by atoms with Crippen LogP contribution in [0.25, 0.3) is 39.2 Å². The second kappa shape index (κ2) is 53.9. The number of nitrogens with two attached hydrogens (primary N) is 3. The maximum Gasteiger partial charge on any atom is 0.329 e. The first-order chi connectivity index (χ1) is 64.8. The summed E-state index contributed by atoms with van der Waals surface area (Å²) in [6.07, 6.45) is 18.0. The molecule has 1 aromatic carbocycles. The number of aryl methyl sites for hydroxylation is 1. The number of unbranched alkanes of at least 4 members (excludes halogenated alkanes) is 1. The van der Waals surface area contributed by atoms with Crippen molar-refractivity contribution in [2.45, 2.75) is 211 Å². The third-order valence-electron chi connectivity index (χ3n) is 25.5. The highest BCUT2D eigenvalue weighted by Crippen LogP contribution is 2.39. The SMILES string of the molecule is CO[C@H]1C[C@@H]2CC[C@@H](C)[C@@](O)(O2)C(=O)C(=O)N2CCCC[C@H]2C(=O)O[C@H]([C@H](N)C[C@@H]2CC[C@@H](OCCCCc3cn(CCOCCOCCOCCOCCOCCOCCOCCOCCC(=O)N4CCN(c5cc(-n6nc(-c7ccc8oc(N)nc8c7)c7c(N)ncnc76)ncn5)CC4)nn3)[C@H](OC)C2)CC(=O)[C@H](C)/C=C(\C)[C@@H](O)[C@@H](OC)C(=O)[C@H](C)C[C@H](C)/C=C/C=CC=C1C. The number of benzene rings is 1. The van der Waals surface area contributed by atoms with Crippen molar-refractivity contribution in [3.63, 3.8) is 0 Å². The minimum Gasteiger partial charge on any atom is -0.459 e. The summed E-state index contributed by atoms with van der Waals surface area (Å²) in [6, 6.07) is 5.22. The maximum atomic E-state index is 14.7. The first-order valence-electron chi connectivity index (χ1n) is 47.2. The average molecular weight is 1870 g/mol. The number of piperidine rings is 1. The van der Waals surface area contributed by atoms with Gasteiger partial charge in [0.05, 0.1) is 154 Å². The summed E-state index contributed by atoms with van der Waals surface area (Å²) in [5.74, 6) is -6.86. The van der Waals surface area contributed by atoms with E-state index in [1.54, 1.807) is 63.4 Å². The van der Waals surface area contributed by atoms with E-state index in [4.69, 9.17) is 93.0 Å². The molecule has 5 aromatic heterocycles. The van der Waals surface area contributed by atoms with E-state index in [9.17, 15) is 39.0 Å². The Labute approximate surface area is 783 Å². The van der Waals surface area contributed by atoms with Gasteiger partial charge in [-0.1, -0.05) is 69.4 Å². The second-order valence-corrected chi connectivity index (χ2v) is 35.3. The lowest BCUT2D eigenvalue weighted by Crippen LogP contribution is -2.61. The average Bonchev–Trinajstić information content (AvgIpc) is 1.55. The van der Waals surface area contributed by atoms with Gasteiger partial charge in [0.2, 0.25) is 11.7 Å². The molecule has 39 nitrogen and oxygen atoms in total. The minimum absolute atomic E-state index is 0.0165. The molecule has 2 bridgehead atoms. The Hall–Kier alpha value is -9.40. The number of rotatable bonds is 42. The molecule has 0 radical (unpaired) electrons. The number of aliphatic hydroxyl groups excluding tert-OH is 1. The zero-order valence-corrected chi connectivity index (χ0v) is 79.2. The van der Waals surface area contributed by atoms with Crippen LogP contribution in [0.1, 0.15) is 144 Å². The Morgan fingerprint density at radius 1 is 0.679 bits per heavy atom. The molecule has 738 valence electrons. The van der Waals surface area contributed by atoms with Crippen LogP contribution in [-0.4, -0.2) is 332 Å². The molecule has 11 rings (SSSR count). The zero-order chi connectivity index (χ0) is 95.5. The normalized spacial score (nSPS) is 25.9. The predicted octanol–water partition coefficient (Wildman–Crippen LogP) is 7.27. The van der Waals surface area contributed by atoms with Crippen molar-refractivity contribution in [2.75, 3.05) is 183 Å². The first-order valence-corrected chi connectivity index (χ1v) is 47.2. The fraction of sp³-hybridized carbons (Fsp3) is 0.663. The second-order valence-electron chi connectivity index (χ2n) is 35.3. The van der Waals surface area contributed by atoms with Gasteiger partial charge in [-0.05, 0) is 138 Å². The molecule has 4 fully saturated rings. The first kappa shape index (κ1) is 105. The number of aromatic nitrogens is 10. The smallest absolute Gasteiger partial charge is 0.329 e. The van der Waals surface area contributed by atoms with E-state index in [2.05, 4.69) is 40.1 Å². The minimum atomic E-state index is -2.48. The van der Waals surface area contributed by atoms with Gasteiger partial charge in [0.25, 0.3) is 17.7 Å². The standard InChI is InChI=1S/C95H140N16O23/c1-62-17-11-10-12-18-63(2)78(120-7)56-71-24-21-67(6)95(119,134-71)89(116)92(117)110-28-15-13-20-74(110)93(118)132-79(57-75(112)64(3)52-66(5)87(115)88(122-9)86(114)65(4)51-62)72(96)53-68-22-25-77(80(54-68)121-8)131-34-16-14-19-70-59-109(106-104-70)33-36-124-38-40-126-42-44-128-46-48-130-50-49-129-47-45-127-43-41-125-39-37-123-35-27-83(113)108-31-29-107(30-32-108)81-58-82(100-60-99-81)111-91-84(90(97)101-61-102-91)85(105-111)69-23-26-76-73(55-69)103-94(98)133-76/h10-12,17-18,23,26,52,55,58-62,64-65,67-68,71-72,74,77-80,87-88,115,119H,13-16,19-22,24-25,27-51,53-54,56-57,96H2,1-9H3,(H2,98,103)(H2,97,101,102)/b12-10?,17-11+,63-18?,66-52+/t62-,64-,65-,67-,68+,71+,72-,74+,77-,78+,79+,80-,87-,88+,95-/m1/s1. The summed E-state index contributed by atoms with van der Waals surface area (Å²) in [7, 11) is 4.59. The number of hydrogen-bond acceptors (Lipinski definition) is 35. The van der Waals surface area contributed by atoms with Crippen LogP contribution < -0.4 is 22.1 Å². The topological polar surface area (TPSA) is 486 Å². The molecule has 134 heavy (non-hydrogen) atoms. The number of hydrogen-bond donors (Lipinski definition) is 5. The molecular formula is C95H140N16O23. The van der Waals surface area contributed by atoms with E-state index in [0.717, 1.165) is 34.6 Å². The number of aliphatic hydroxyl groups is 2. The number of ether oxygens (including phenoxy) is 14. The van der Waals surface area contributed by atoms with Crippen molar-refractivity contribution in [3.05, 3.63) is 96.4 Å². The van der Waals surface area contributed by atoms with Crippen LogP contribution in [0.3, 0.4) is 0 Å². The van der Waals surface area contributed by atoms with Gasteiger partial charge in [-0.3, -0.25) is 24.0 Å². The number of piperazine rings is 1. The number of fused-ring (bicyclic) bond motifs is 5. The lowest BCUT2D eigenvalue weighted by atomic mass is 9.80. The fourth-order valence-electron chi connectivity index (χ4n) is 17.6. The van der Waals surface area contributed by atoms with Crippen LogP contribution in [0.5, 0.6) is 0 Å². The molecule has 9 heterocycles. The number of cyclic esters (lactones) is 1. The number of nitrogen functional groups attached to an aromatic ring is 2. The quantitative estimate of drug-likeness (QED) is 0.0109. The van der Waals surface area contributed by atoms with Gasteiger partial charge in [-0.25, -0.2) is 29.4 Å². The van der Waals surface area contributed by atoms with Gasteiger partial charge in [0.1, 0.15) is 65.6 Å². The number of carbonyl (C=O) groups excluding carboxylic acids is 6. The molecule has 15 atom stereocenters. The van der Waals surface area contributed by atoms with Gasteiger partial charge in [-0.2, -0.15) is 14.8 Å². The highest BCUT2D eigenvalue weighted by atomic mass is 16.6. The van der Waals surface area contributed by atoms with Gasteiger partial charge >= 0.3 is 5.97 Å². The molecule has 8 N–H and O–H groups in total. The largest absolute Gasteiger partial charge is 0.459 e. The summed E-state index contributed by atoms with van der Waals surface area (Å²) in [5.41, 5.74) is 24.2. The monoisotopic (exact) mass is 1870 g/mol. The Bertz CT molecular complexity index is 4820. The molecular weight excluding hydrogens is 1730 g/mol. The molecule has 3 saturated heterocycles. The van der Waals surface area contributed by atoms with Crippen molar-refractivity contribution in [1.29, 1.82) is 0 Å². The summed E-state index contributed by atoms with van der Waals surface area (Å²) >= 11 is 0. The van der Waals surface area contributed by atoms with Crippen molar-refractivity contribution < 1.29 is 110 Å². The van der Waals surface area contributed by atoms with Crippen LogP contribution in [-0.2, 0) is 108 Å². The number of allylic oxidation sites excluding steroid dienone is 6. The maximum absolute atomic E-state index is 14.7. The summed E-state index contributed by atoms with van der Waals surface area (Å²) in [6.45, 7) is 20.4. The summed E-state index contributed by atoms with van der Waals surface area (Å²) in [4.78, 5) is 112. The molecule has 6 aromatic rings. The molecule has 2 amide bonds. The van der Waals surface area contributed by atoms with Crippen LogP contribution in [0.2, 0.25) is 0 Å². The van der Waals surface area contributed by atoms with Crippen molar-refractivity contribution in [3.8, 4) is 17.1 Å². The number of anilines is 3. The predicted molar refractivity (Wildman–Crippen MR) is 495 cm³/mol. The molecule has 0 spiro atoms. The third kappa shape index (κ3) is 30.5. The van der Waals surface area contributed by atoms with Crippen molar-refractivity contribution in [2.24, 2.45) is 35.3 Å². The molecule has 1 aliphatic carbocycles. The molecule has 4 aliphatic heterocycles. The Balaban J connectivity index is 0.501. The molecule has 1 saturated carbocycles. The Kier molecular flexibility index (Phi) is 42.3. The number of esters is 1. The number of methoxy groups -OCH3 is 3. The highest BCUT2D eigenvalue weighted by molar-refractivity contribution is 6.39.